The number of carbonyl (C=O) groups is 2. The minimum Gasteiger partial charge on any atom is -0.468 e. The van der Waals surface area contributed by atoms with Crippen LogP contribution in [0.15, 0.2) is 53.4 Å². The average Bonchev–Trinajstić information content (AvgIpc) is 2.68. The smallest absolute Gasteiger partial charge is 0.416 e. The Morgan fingerprint density at radius 3 is 2.30 bits per heavy atom. The summed E-state index contributed by atoms with van der Waals surface area (Å²) >= 11 is 0. The molecular weight excluding hydrogens is 425 g/mol. The van der Waals surface area contributed by atoms with Crippen LogP contribution in [0, 0.1) is 0 Å². The van der Waals surface area contributed by atoms with Gasteiger partial charge in [-0.15, -0.1) is 0 Å². The van der Waals surface area contributed by atoms with Gasteiger partial charge in [-0.3, -0.25) is 14.3 Å². The Labute approximate surface area is 171 Å². The number of halogens is 3. The first-order valence-electron chi connectivity index (χ1n) is 8.52. The first-order chi connectivity index (χ1) is 13.9. The molecule has 0 aliphatic rings. The van der Waals surface area contributed by atoms with Gasteiger partial charge in [0.05, 0.1) is 24.0 Å². The number of hydrogen-bond donors (Lipinski definition) is 1. The van der Waals surface area contributed by atoms with Gasteiger partial charge in [0.1, 0.15) is 6.54 Å². The van der Waals surface area contributed by atoms with Crippen LogP contribution >= 0.6 is 0 Å². The first-order valence-corrected chi connectivity index (χ1v) is 10.0. The Kier molecular flexibility index (Phi) is 7.08. The van der Waals surface area contributed by atoms with E-state index in [2.05, 4.69) is 9.46 Å². The van der Waals surface area contributed by atoms with Crippen LogP contribution in [0.1, 0.15) is 11.1 Å². The number of carbonyl (C=O) groups excluding carboxylic acids is 2. The zero-order chi connectivity index (χ0) is 22.5. The number of esters is 1. The molecule has 0 aliphatic carbocycles. The Balaban J connectivity index is 2.08. The molecule has 11 heteroatoms. The molecule has 1 N–H and O–H groups in total. The van der Waals surface area contributed by atoms with E-state index in [0.29, 0.717) is 11.6 Å². The van der Waals surface area contributed by atoms with Gasteiger partial charge in [0.2, 0.25) is 5.91 Å². The molecule has 0 aromatic heterocycles. The number of ether oxygens (including phenoxy) is 1. The van der Waals surface area contributed by atoms with Crippen LogP contribution < -0.4 is 4.72 Å². The second-order valence-electron chi connectivity index (χ2n) is 6.33. The maximum absolute atomic E-state index is 12.8. The molecule has 1 amide bonds. The molecule has 0 saturated heterocycles. The third kappa shape index (κ3) is 6.21. The molecule has 30 heavy (non-hydrogen) atoms. The van der Waals surface area contributed by atoms with Crippen LogP contribution in [0.25, 0.3) is 0 Å². The molecule has 0 bridgehead atoms. The topological polar surface area (TPSA) is 92.8 Å². The predicted octanol–water partition coefficient (Wildman–Crippen LogP) is 2.68. The van der Waals surface area contributed by atoms with Gasteiger partial charge in [0, 0.05) is 12.7 Å². The molecule has 2 aromatic rings. The minimum absolute atomic E-state index is 0.0336. The van der Waals surface area contributed by atoms with Gasteiger partial charge in [-0.05, 0) is 35.9 Å². The van der Waals surface area contributed by atoms with Gasteiger partial charge in [0.25, 0.3) is 10.0 Å². The van der Waals surface area contributed by atoms with Crippen molar-refractivity contribution in [2.24, 2.45) is 0 Å². The lowest BCUT2D eigenvalue weighted by molar-refractivity contribution is -0.145. The number of anilines is 1. The van der Waals surface area contributed by atoms with Crippen LogP contribution in [0.5, 0.6) is 0 Å². The van der Waals surface area contributed by atoms with Crippen LogP contribution in [0.2, 0.25) is 0 Å². The van der Waals surface area contributed by atoms with Gasteiger partial charge in [-0.1, -0.05) is 18.2 Å². The van der Waals surface area contributed by atoms with Gasteiger partial charge < -0.3 is 9.64 Å². The molecule has 0 saturated carbocycles. The van der Waals surface area contributed by atoms with Crippen LogP contribution in [0.4, 0.5) is 18.9 Å². The molecule has 162 valence electrons. The summed E-state index contributed by atoms with van der Waals surface area (Å²) in [6.07, 6.45) is -4.70. The fourth-order valence-corrected chi connectivity index (χ4v) is 3.50. The van der Waals surface area contributed by atoms with E-state index in [1.54, 1.807) is 0 Å². The highest BCUT2D eigenvalue weighted by Crippen LogP contribution is 2.30. The number of nitrogens with zero attached hydrogens (tertiary/aromatic N) is 1. The second kappa shape index (κ2) is 9.16. The number of likely N-dealkylation sites (N-methyl/N-ethyl adjacent to an activating group) is 1. The molecule has 7 nitrogen and oxygen atoms in total. The monoisotopic (exact) mass is 444 g/mol. The van der Waals surface area contributed by atoms with E-state index in [9.17, 15) is 31.2 Å². The molecule has 2 rings (SSSR count). The molecule has 0 radical (unpaired) electrons. The minimum atomic E-state index is -4.67. The number of amides is 1. The van der Waals surface area contributed by atoms with Crippen molar-refractivity contribution in [2.75, 3.05) is 25.4 Å². The molecular formula is C19H19F3N2O5S. The lowest BCUT2D eigenvalue weighted by Gasteiger charge is -2.15. The quantitative estimate of drug-likeness (QED) is 0.663. The Morgan fingerprint density at radius 1 is 1.10 bits per heavy atom. The summed E-state index contributed by atoms with van der Waals surface area (Å²) in [5.41, 5.74) is -0.402. The van der Waals surface area contributed by atoms with Gasteiger partial charge in [-0.25, -0.2) is 8.42 Å². The fraction of sp³-hybridized carbons (Fsp3) is 0.263. The van der Waals surface area contributed by atoms with E-state index in [4.69, 9.17) is 0 Å². The van der Waals surface area contributed by atoms with E-state index >= 15 is 0 Å². The molecule has 0 spiro atoms. The first kappa shape index (κ1) is 23.2. The third-order valence-corrected chi connectivity index (χ3v) is 5.43. The number of hydrogen-bond acceptors (Lipinski definition) is 5. The molecule has 0 unspecified atom stereocenters. The summed E-state index contributed by atoms with van der Waals surface area (Å²) < 4.78 is 69.9. The highest BCUT2D eigenvalue weighted by Gasteiger charge is 2.31. The molecule has 0 fully saturated rings. The number of nitrogens with one attached hydrogen (secondary N) is 1. The molecule has 0 heterocycles. The highest BCUT2D eigenvalue weighted by atomic mass is 32.2. The predicted molar refractivity (Wildman–Crippen MR) is 102 cm³/mol. The van der Waals surface area contributed by atoms with Crippen molar-refractivity contribution < 1.29 is 35.9 Å². The van der Waals surface area contributed by atoms with Crippen molar-refractivity contribution in [1.29, 1.82) is 0 Å². The second-order valence-corrected chi connectivity index (χ2v) is 8.01. The summed E-state index contributed by atoms with van der Waals surface area (Å²) in [5, 5.41) is 0. The Morgan fingerprint density at radius 2 is 1.73 bits per heavy atom. The van der Waals surface area contributed by atoms with Crippen molar-refractivity contribution in [1.82, 2.24) is 4.90 Å². The van der Waals surface area contributed by atoms with Crippen LogP contribution in [-0.2, 0) is 36.9 Å². The highest BCUT2D eigenvalue weighted by molar-refractivity contribution is 7.92. The van der Waals surface area contributed by atoms with Crippen LogP contribution in [0.3, 0.4) is 0 Å². The number of alkyl halides is 3. The summed E-state index contributed by atoms with van der Waals surface area (Å²) in [5.74, 6) is -0.914. The van der Waals surface area contributed by atoms with Gasteiger partial charge in [-0.2, -0.15) is 13.2 Å². The molecule has 0 aliphatic heterocycles. The maximum atomic E-state index is 12.8. The fourth-order valence-electron chi connectivity index (χ4n) is 2.40. The van der Waals surface area contributed by atoms with Gasteiger partial charge in [0.15, 0.2) is 0 Å². The van der Waals surface area contributed by atoms with E-state index in [-0.39, 0.29) is 24.6 Å². The van der Waals surface area contributed by atoms with Crippen molar-refractivity contribution in [3.05, 3.63) is 59.7 Å². The lowest BCUT2D eigenvalue weighted by Crippen LogP contribution is -2.33. The molecule has 2 aromatic carbocycles. The Bertz CT molecular complexity index is 1020. The summed E-state index contributed by atoms with van der Waals surface area (Å²) in [7, 11) is -1.59. The number of benzene rings is 2. The van der Waals surface area contributed by atoms with E-state index in [1.165, 1.54) is 43.3 Å². The number of methoxy groups -OCH3 is 1. The van der Waals surface area contributed by atoms with Crippen molar-refractivity contribution in [3.8, 4) is 0 Å². The van der Waals surface area contributed by atoms with Crippen LogP contribution in [-0.4, -0.2) is 45.9 Å². The largest absolute Gasteiger partial charge is 0.468 e. The van der Waals surface area contributed by atoms with Crippen molar-refractivity contribution >= 4 is 27.6 Å². The summed E-state index contributed by atoms with van der Waals surface area (Å²) in [6, 6.07) is 9.15. The zero-order valence-corrected chi connectivity index (χ0v) is 16.9. The average molecular weight is 444 g/mol. The SMILES string of the molecule is COC(=O)CN(C)C(=O)Cc1ccc(NS(=O)(=O)c2cccc(C(F)(F)F)c2)cc1. The maximum Gasteiger partial charge on any atom is 0.416 e. The normalized spacial score (nSPS) is 11.6. The molecule has 0 atom stereocenters. The third-order valence-electron chi connectivity index (χ3n) is 4.05. The Hall–Kier alpha value is -3.08. The van der Waals surface area contributed by atoms with E-state index in [0.717, 1.165) is 18.2 Å². The summed E-state index contributed by atoms with van der Waals surface area (Å²) in [4.78, 5) is 24.0. The zero-order valence-electron chi connectivity index (χ0n) is 16.1. The summed E-state index contributed by atoms with van der Waals surface area (Å²) in [6.45, 7) is -0.204. The van der Waals surface area contributed by atoms with E-state index < -0.39 is 32.6 Å². The van der Waals surface area contributed by atoms with Crippen molar-refractivity contribution in [3.63, 3.8) is 0 Å². The van der Waals surface area contributed by atoms with Crippen molar-refractivity contribution in [2.45, 2.75) is 17.5 Å². The van der Waals surface area contributed by atoms with Gasteiger partial charge >= 0.3 is 12.1 Å². The number of sulfonamides is 1. The number of rotatable bonds is 7. The van der Waals surface area contributed by atoms with E-state index in [1.807, 2.05) is 0 Å². The standard InChI is InChI=1S/C19H19F3N2O5S/c1-24(12-18(26)29-2)17(25)10-13-6-8-15(9-7-13)23-30(27,28)16-5-3-4-14(11-16)19(20,21)22/h3-9,11,23H,10,12H2,1-2H3. The lowest BCUT2D eigenvalue weighted by atomic mass is 10.1.